The second kappa shape index (κ2) is 5.57. The number of benzene rings is 1. The molecule has 108 valence electrons. The highest BCUT2D eigenvalue weighted by molar-refractivity contribution is 9.10. The van der Waals surface area contributed by atoms with E-state index in [2.05, 4.69) is 31.2 Å². The van der Waals surface area contributed by atoms with Crippen molar-refractivity contribution < 1.29 is 9.26 Å². The number of methoxy groups -OCH3 is 1. The Morgan fingerprint density at radius 1 is 1.43 bits per heavy atom. The minimum absolute atomic E-state index is 0.377. The molecule has 3 rings (SSSR count). The van der Waals surface area contributed by atoms with Crippen LogP contribution in [-0.4, -0.2) is 27.0 Å². The number of nitrogens with zero attached hydrogens (tertiary/aromatic N) is 4. The maximum absolute atomic E-state index is 5.61. The van der Waals surface area contributed by atoms with Gasteiger partial charge in [-0.05, 0) is 34.1 Å². The maximum atomic E-state index is 5.61. The van der Waals surface area contributed by atoms with Crippen molar-refractivity contribution in [3.8, 4) is 17.1 Å². The number of hydrogen-bond acceptors (Lipinski definition) is 6. The molecule has 0 aliphatic rings. The highest BCUT2D eigenvalue weighted by Crippen LogP contribution is 2.29. The van der Waals surface area contributed by atoms with E-state index in [0.29, 0.717) is 23.9 Å². The van der Waals surface area contributed by atoms with Gasteiger partial charge >= 0.3 is 0 Å². The number of aromatic nitrogens is 4. The van der Waals surface area contributed by atoms with Crippen LogP contribution in [-0.2, 0) is 6.54 Å². The number of hydrogen-bond donors (Lipinski definition) is 1. The highest BCUT2D eigenvalue weighted by atomic mass is 79.9. The van der Waals surface area contributed by atoms with Gasteiger partial charge in [0.1, 0.15) is 12.3 Å². The summed E-state index contributed by atoms with van der Waals surface area (Å²) in [7, 11) is 1.61. The van der Waals surface area contributed by atoms with Crippen molar-refractivity contribution in [1.82, 2.24) is 19.9 Å². The fourth-order valence-electron chi connectivity index (χ4n) is 1.85. The SMILES string of the molecule is COc1ccc(-c2noc(Cn3cc(N)cn3)n2)cc1Br. The standard InChI is InChI=1S/C13H12BrN5O2/c1-20-11-3-2-8(4-10(11)14)13-17-12(21-18-13)7-19-6-9(15)5-16-19/h2-6H,7,15H2,1H3. The predicted molar refractivity (Wildman–Crippen MR) is 79.7 cm³/mol. The smallest absolute Gasteiger partial charge is 0.248 e. The lowest BCUT2D eigenvalue weighted by Crippen LogP contribution is -2.00. The first-order valence-corrected chi connectivity index (χ1v) is 6.89. The number of anilines is 1. The van der Waals surface area contributed by atoms with Crippen molar-refractivity contribution in [2.45, 2.75) is 6.54 Å². The third-order valence-corrected chi connectivity index (χ3v) is 3.45. The molecule has 0 saturated heterocycles. The van der Waals surface area contributed by atoms with E-state index in [1.807, 2.05) is 18.2 Å². The molecular weight excluding hydrogens is 338 g/mol. The van der Waals surface area contributed by atoms with Gasteiger partial charge in [-0.25, -0.2) is 0 Å². The summed E-state index contributed by atoms with van der Waals surface area (Å²) in [5, 5.41) is 8.04. The van der Waals surface area contributed by atoms with E-state index in [1.54, 1.807) is 24.2 Å². The molecular formula is C13H12BrN5O2. The molecule has 2 heterocycles. The fraction of sp³-hybridized carbons (Fsp3) is 0.154. The second-order valence-corrected chi connectivity index (χ2v) is 5.19. The van der Waals surface area contributed by atoms with Gasteiger partial charge in [0.05, 0.1) is 23.5 Å². The van der Waals surface area contributed by atoms with Crippen molar-refractivity contribution in [3.63, 3.8) is 0 Å². The Balaban J connectivity index is 1.82. The van der Waals surface area contributed by atoms with Gasteiger partial charge < -0.3 is 15.0 Å². The van der Waals surface area contributed by atoms with Crippen molar-refractivity contribution >= 4 is 21.6 Å². The molecule has 0 aliphatic heterocycles. The summed E-state index contributed by atoms with van der Waals surface area (Å²) >= 11 is 3.43. The molecule has 2 aromatic heterocycles. The van der Waals surface area contributed by atoms with Crippen LogP contribution in [0.2, 0.25) is 0 Å². The van der Waals surface area contributed by atoms with Crippen LogP contribution in [0.25, 0.3) is 11.4 Å². The predicted octanol–water partition coefficient (Wildman–Crippen LogP) is 2.33. The zero-order chi connectivity index (χ0) is 14.8. The molecule has 7 nitrogen and oxygen atoms in total. The van der Waals surface area contributed by atoms with E-state index in [1.165, 1.54) is 0 Å². The zero-order valence-corrected chi connectivity index (χ0v) is 12.7. The van der Waals surface area contributed by atoms with Gasteiger partial charge in [-0.2, -0.15) is 10.1 Å². The average Bonchev–Trinajstić information content (AvgIpc) is 3.08. The molecule has 0 aliphatic carbocycles. The Labute approximate surface area is 128 Å². The third-order valence-electron chi connectivity index (χ3n) is 2.83. The number of nitrogen functional groups attached to an aromatic ring is 1. The van der Waals surface area contributed by atoms with Crippen LogP contribution >= 0.6 is 15.9 Å². The van der Waals surface area contributed by atoms with Gasteiger partial charge in [-0.15, -0.1) is 0 Å². The molecule has 0 atom stereocenters. The van der Waals surface area contributed by atoms with Gasteiger partial charge in [-0.3, -0.25) is 4.68 Å². The summed E-state index contributed by atoms with van der Waals surface area (Å²) in [6.07, 6.45) is 3.27. The van der Waals surface area contributed by atoms with Crippen LogP contribution in [0.3, 0.4) is 0 Å². The zero-order valence-electron chi connectivity index (χ0n) is 11.2. The van der Waals surface area contributed by atoms with Gasteiger partial charge in [0, 0.05) is 11.8 Å². The van der Waals surface area contributed by atoms with Crippen molar-refractivity contribution in [1.29, 1.82) is 0 Å². The van der Waals surface area contributed by atoms with Crippen LogP contribution in [0, 0.1) is 0 Å². The van der Waals surface area contributed by atoms with Crippen molar-refractivity contribution in [2.75, 3.05) is 12.8 Å². The lowest BCUT2D eigenvalue weighted by atomic mass is 10.2. The Kier molecular flexibility index (Phi) is 3.61. The third kappa shape index (κ3) is 2.89. The van der Waals surface area contributed by atoms with Crippen molar-refractivity contribution in [2.24, 2.45) is 0 Å². The van der Waals surface area contributed by atoms with Gasteiger partial charge in [-0.1, -0.05) is 5.16 Å². The first-order valence-electron chi connectivity index (χ1n) is 6.10. The van der Waals surface area contributed by atoms with Gasteiger partial charge in [0.25, 0.3) is 0 Å². The first kappa shape index (κ1) is 13.6. The first-order chi connectivity index (χ1) is 10.2. The Bertz CT molecular complexity index is 768. The Morgan fingerprint density at radius 3 is 2.95 bits per heavy atom. The van der Waals surface area contributed by atoms with E-state index >= 15 is 0 Å². The van der Waals surface area contributed by atoms with Crippen molar-refractivity contribution in [3.05, 3.63) is 41.0 Å². The topological polar surface area (TPSA) is 92.0 Å². The molecule has 0 unspecified atom stereocenters. The van der Waals surface area contributed by atoms with Gasteiger partial charge in [0.15, 0.2) is 0 Å². The lowest BCUT2D eigenvalue weighted by molar-refractivity contribution is 0.366. The van der Waals surface area contributed by atoms with Crippen LogP contribution < -0.4 is 10.5 Å². The Morgan fingerprint density at radius 2 is 2.29 bits per heavy atom. The van der Waals surface area contributed by atoms with E-state index in [0.717, 1.165) is 15.8 Å². The quantitative estimate of drug-likeness (QED) is 0.777. The van der Waals surface area contributed by atoms with E-state index in [-0.39, 0.29) is 0 Å². The van der Waals surface area contributed by atoms with E-state index in [9.17, 15) is 0 Å². The summed E-state index contributed by atoms with van der Waals surface area (Å²) < 4.78 is 12.9. The normalized spacial score (nSPS) is 10.8. The number of nitrogens with two attached hydrogens (primary N) is 1. The molecule has 21 heavy (non-hydrogen) atoms. The van der Waals surface area contributed by atoms with Crippen LogP contribution in [0.15, 0.2) is 39.6 Å². The molecule has 8 heteroatoms. The minimum Gasteiger partial charge on any atom is -0.496 e. The lowest BCUT2D eigenvalue weighted by Gasteiger charge is -2.03. The summed E-state index contributed by atoms with van der Waals surface area (Å²) in [5.41, 5.74) is 7.03. The average molecular weight is 350 g/mol. The molecule has 0 spiro atoms. The number of rotatable bonds is 4. The molecule has 0 bridgehead atoms. The van der Waals surface area contributed by atoms with E-state index < -0.39 is 0 Å². The molecule has 0 amide bonds. The van der Waals surface area contributed by atoms with Crippen LogP contribution in [0.1, 0.15) is 5.89 Å². The van der Waals surface area contributed by atoms with Crippen LogP contribution in [0.5, 0.6) is 5.75 Å². The molecule has 1 aromatic carbocycles. The second-order valence-electron chi connectivity index (χ2n) is 4.33. The molecule has 0 radical (unpaired) electrons. The Hall–Kier alpha value is -2.35. The largest absolute Gasteiger partial charge is 0.496 e. The molecule has 2 N–H and O–H groups in total. The summed E-state index contributed by atoms with van der Waals surface area (Å²) in [6.45, 7) is 0.377. The molecule has 3 aromatic rings. The van der Waals surface area contributed by atoms with Crippen LogP contribution in [0.4, 0.5) is 5.69 Å². The van der Waals surface area contributed by atoms with E-state index in [4.69, 9.17) is 15.0 Å². The molecule has 0 fully saturated rings. The number of halogens is 1. The summed E-state index contributed by atoms with van der Waals surface area (Å²) in [6, 6.07) is 5.58. The summed E-state index contributed by atoms with van der Waals surface area (Å²) in [4.78, 5) is 4.34. The monoisotopic (exact) mass is 349 g/mol. The van der Waals surface area contributed by atoms with Gasteiger partial charge in [0.2, 0.25) is 11.7 Å². The number of ether oxygens (including phenoxy) is 1. The maximum Gasteiger partial charge on any atom is 0.248 e. The highest BCUT2D eigenvalue weighted by Gasteiger charge is 2.11. The minimum atomic E-state index is 0.377. The summed E-state index contributed by atoms with van der Waals surface area (Å²) in [5.74, 6) is 1.71. The molecule has 0 saturated carbocycles. The fourth-order valence-corrected chi connectivity index (χ4v) is 2.39.